The standard InChI is InChI=1S/C49H85NO7/c1-6-8-10-12-14-16-18-20-22-23-24-26-28-30-32-34-36-38-40-48(52)57-45(43-55-42-41-46(49(53)54)50(3,4)5)44-56-47(51)39-37-35-33-31-29-27-25-21-19-17-15-13-11-9-7-2/h9,11,13,15,17,19,21,24-26,45-46H,6-8,10,12,14,16,18,20,22-23,27-44H2,1-5H3/b11-9+,15-13+,19-17+,25-21+,26-24+. The van der Waals surface area contributed by atoms with Gasteiger partial charge in [-0.1, -0.05) is 164 Å². The molecule has 57 heavy (non-hydrogen) atoms. The summed E-state index contributed by atoms with van der Waals surface area (Å²) in [6.45, 7) is 4.49. The van der Waals surface area contributed by atoms with Crippen LogP contribution in [0.3, 0.4) is 0 Å². The number of aliphatic carboxylic acids is 1. The third-order valence-electron chi connectivity index (χ3n) is 9.98. The first kappa shape index (κ1) is 54.0. The Morgan fingerprint density at radius 3 is 1.51 bits per heavy atom. The molecule has 2 atom stereocenters. The summed E-state index contributed by atoms with van der Waals surface area (Å²) >= 11 is 0. The number of hydrogen-bond acceptors (Lipinski definition) is 7. The summed E-state index contributed by atoms with van der Waals surface area (Å²) < 4.78 is 17.2. The van der Waals surface area contributed by atoms with Crippen LogP contribution in [0.4, 0.5) is 0 Å². The van der Waals surface area contributed by atoms with Gasteiger partial charge in [0.1, 0.15) is 12.6 Å². The molecule has 0 heterocycles. The van der Waals surface area contributed by atoms with Crippen LogP contribution in [0.2, 0.25) is 0 Å². The van der Waals surface area contributed by atoms with Crippen molar-refractivity contribution in [1.29, 1.82) is 0 Å². The van der Waals surface area contributed by atoms with Gasteiger partial charge in [0.15, 0.2) is 6.10 Å². The first-order valence-electron chi connectivity index (χ1n) is 22.9. The van der Waals surface area contributed by atoms with Gasteiger partial charge in [-0.15, -0.1) is 0 Å². The second-order valence-electron chi connectivity index (χ2n) is 16.3. The molecule has 0 aromatic heterocycles. The lowest BCUT2D eigenvalue weighted by molar-refractivity contribution is -0.889. The Bertz CT molecular complexity index is 1120. The Labute approximate surface area is 349 Å². The second-order valence-corrected chi connectivity index (χ2v) is 16.3. The molecule has 0 N–H and O–H groups in total. The van der Waals surface area contributed by atoms with Crippen LogP contribution >= 0.6 is 0 Å². The molecule has 0 fully saturated rings. The minimum Gasteiger partial charge on any atom is -0.544 e. The number of carboxylic acid groups (broad SMARTS) is 1. The quantitative estimate of drug-likeness (QED) is 0.0200. The Kier molecular flexibility index (Phi) is 37.8. The smallest absolute Gasteiger partial charge is 0.306 e. The first-order chi connectivity index (χ1) is 27.6. The lowest BCUT2D eigenvalue weighted by Gasteiger charge is -2.34. The number of allylic oxidation sites excluding steroid dienone is 10. The summed E-state index contributed by atoms with van der Waals surface area (Å²) in [4.78, 5) is 36.9. The van der Waals surface area contributed by atoms with E-state index in [1.807, 2.05) is 30.4 Å². The predicted molar refractivity (Wildman–Crippen MR) is 236 cm³/mol. The maximum Gasteiger partial charge on any atom is 0.306 e. The van der Waals surface area contributed by atoms with Gasteiger partial charge in [0.05, 0.1) is 40.3 Å². The van der Waals surface area contributed by atoms with Gasteiger partial charge in [-0.2, -0.15) is 0 Å². The maximum absolute atomic E-state index is 12.7. The van der Waals surface area contributed by atoms with Crippen LogP contribution in [0.25, 0.3) is 0 Å². The highest BCUT2D eigenvalue weighted by Gasteiger charge is 2.25. The van der Waals surface area contributed by atoms with Crippen LogP contribution in [0, 0.1) is 0 Å². The number of likely N-dealkylation sites (N-methyl/N-ethyl adjacent to an activating group) is 1. The lowest BCUT2D eigenvalue weighted by Crippen LogP contribution is -2.55. The van der Waals surface area contributed by atoms with E-state index in [1.54, 1.807) is 21.1 Å². The summed E-state index contributed by atoms with van der Waals surface area (Å²) in [6, 6.07) is -0.733. The van der Waals surface area contributed by atoms with Crippen LogP contribution in [-0.2, 0) is 28.6 Å². The molecular formula is C49H85NO7. The number of rotatable bonds is 40. The van der Waals surface area contributed by atoms with Gasteiger partial charge in [0.25, 0.3) is 0 Å². The highest BCUT2D eigenvalue weighted by molar-refractivity contribution is 5.70. The van der Waals surface area contributed by atoms with Crippen LogP contribution in [0.15, 0.2) is 60.8 Å². The molecule has 0 aliphatic rings. The normalized spacial score (nSPS) is 13.5. The van der Waals surface area contributed by atoms with Gasteiger partial charge in [-0.05, 0) is 57.8 Å². The van der Waals surface area contributed by atoms with Crippen LogP contribution < -0.4 is 5.11 Å². The van der Waals surface area contributed by atoms with Gasteiger partial charge in [0, 0.05) is 19.3 Å². The first-order valence-corrected chi connectivity index (χ1v) is 22.9. The molecule has 0 rings (SSSR count). The van der Waals surface area contributed by atoms with Crippen molar-refractivity contribution in [1.82, 2.24) is 0 Å². The van der Waals surface area contributed by atoms with E-state index in [9.17, 15) is 19.5 Å². The van der Waals surface area contributed by atoms with Gasteiger partial charge >= 0.3 is 11.9 Å². The summed E-state index contributed by atoms with van der Waals surface area (Å²) in [7, 11) is 5.39. The fraction of sp³-hybridized carbons (Fsp3) is 0.735. The van der Waals surface area contributed by atoms with Crippen LogP contribution in [0.5, 0.6) is 0 Å². The zero-order chi connectivity index (χ0) is 42.1. The number of carbonyl (C=O) groups is 3. The topological polar surface area (TPSA) is 102 Å². The number of quaternary nitrogens is 1. The number of hydrogen-bond donors (Lipinski definition) is 0. The Balaban J connectivity index is 4.37. The maximum atomic E-state index is 12.7. The number of esters is 2. The average Bonchev–Trinajstić information content (AvgIpc) is 3.17. The molecule has 8 nitrogen and oxygen atoms in total. The Morgan fingerprint density at radius 2 is 1.00 bits per heavy atom. The van der Waals surface area contributed by atoms with E-state index < -0.39 is 18.1 Å². The molecule has 0 saturated heterocycles. The fourth-order valence-electron chi connectivity index (χ4n) is 6.43. The van der Waals surface area contributed by atoms with Crippen molar-refractivity contribution in [2.75, 3.05) is 41.0 Å². The van der Waals surface area contributed by atoms with Gasteiger partial charge in [-0.3, -0.25) is 9.59 Å². The van der Waals surface area contributed by atoms with Gasteiger partial charge in [-0.25, -0.2) is 0 Å². The number of carboxylic acids is 1. The molecule has 2 unspecified atom stereocenters. The summed E-state index contributed by atoms with van der Waals surface area (Å²) in [5.41, 5.74) is 0. The van der Waals surface area contributed by atoms with Crippen molar-refractivity contribution < 1.29 is 38.2 Å². The molecule has 328 valence electrons. The van der Waals surface area contributed by atoms with Crippen LogP contribution in [-0.4, -0.2) is 75.5 Å². The molecule has 0 aromatic carbocycles. The van der Waals surface area contributed by atoms with Gasteiger partial charge < -0.3 is 28.6 Å². The molecule has 0 spiro atoms. The van der Waals surface area contributed by atoms with E-state index >= 15 is 0 Å². The Hall–Kier alpha value is -2.97. The van der Waals surface area contributed by atoms with Crippen molar-refractivity contribution >= 4 is 17.9 Å². The SMILES string of the molecule is CC/C=C/C=C/C=C/C=C/CCCCCCCC(=O)OCC(COCCC(C(=O)[O-])[N+](C)(C)C)OC(=O)CCCCCCC/C=C/CCCCCCCCCCC. The molecule has 0 saturated carbocycles. The molecule has 0 aliphatic carbocycles. The molecule has 8 heteroatoms. The minimum atomic E-state index is -1.13. The van der Waals surface area contributed by atoms with Crippen molar-refractivity contribution in [3.63, 3.8) is 0 Å². The van der Waals surface area contributed by atoms with Crippen molar-refractivity contribution in [3.8, 4) is 0 Å². The molecule has 0 radical (unpaired) electrons. The molecule has 0 aromatic rings. The molecule has 0 amide bonds. The highest BCUT2D eigenvalue weighted by atomic mass is 16.6. The van der Waals surface area contributed by atoms with Crippen molar-refractivity contribution in [2.45, 2.75) is 193 Å². The van der Waals surface area contributed by atoms with E-state index in [0.717, 1.165) is 77.0 Å². The monoisotopic (exact) mass is 800 g/mol. The number of nitrogens with zero attached hydrogens (tertiary/aromatic N) is 1. The minimum absolute atomic E-state index is 0.0276. The fourth-order valence-corrected chi connectivity index (χ4v) is 6.43. The summed E-state index contributed by atoms with van der Waals surface area (Å²) in [5, 5.41) is 11.6. The molecule has 0 aliphatic heterocycles. The zero-order valence-electron chi connectivity index (χ0n) is 37.2. The lowest BCUT2D eigenvalue weighted by atomic mass is 10.1. The van der Waals surface area contributed by atoms with Crippen molar-refractivity contribution in [2.24, 2.45) is 0 Å². The van der Waals surface area contributed by atoms with E-state index in [-0.39, 0.29) is 42.7 Å². The van der Waals surface area contributed by atoms with Crippen LogP contribution in [0.1, 0.15) is 181 Å². The number of ether oxygens (including phenoxy) is 3. The predicted octanol–water partition coefficient (Wildman–Crippen LogP) is 11.2. The van der Waals surface area contributed by atoms with Gasteiger partial charge in [0.2, 0.25) is 0 Å². The largest absolute Gasteiger partial charge is 0.544 e. The third-order valence-corrected chi connectivity index (χ3v) is 9.98. The zero-order valence-corrected chi connectivity index (χ0v) is 37.2. The number of unbranched alkanes of at least 4 members (excludes halogenated alkanes) is 19. The van der Waals surface area contributed by atoms with E-state index in [4.69, 9.17) is 14.2 Å². The summed E-state index contributed by atoms with van der Waals surface area (Å²) in [5.74, 6) is -1.78. The second kappa shape index (κ2) is 39.8. The molecule has 0 bridgehead atoms. The van der Waals surface area contributed by atoms with E-state index in [2.05, 4.69) is 44.2 Å². The third kappa shape index (κ3) is 38.3. The molecular weight excluding hydrogens is 715 g/mol. The van der Waals surface area contributed by atoms with E-state index in [1.165, 1.54) is 70.6 Å². The van der Waals surface area contributed by atoms with Crippen molar-refractivity contribution in [3.05, 3.63) is 60.8 Å². The average molecular weight is 800 g/mol. The highest BCUT2D eigenvalue weighted by Crippen LogP contribution is 2.14. The Morgan fingerprint density at radius 1 is 0.544 bits per heavy atom. The van der Waals surface area contributed by atoms with E-state index in [0.29, 0.717) is 12.8 Å². The number of carbonyl (C=O) groups excluding carboxylic acids is 3. The summed E-state index contributed by atoms with van der Waals surface area (Å²) in [6.07, 6.45) is 48.1.